The Kier molecular flexibility index (Phi) is 6.46. The fourth-order valence-electron chi connectivity index (χ4n) is 2.54. The Labute approximate surface area is 172 Å². The van der Waals surface area contributed by atoms with Crippen LogP contribution in [0.25, 0.3) is 5.69 Å². The molecule has 2 aromatic carbocycles. The third-order valence-electron chi connectivity index (χ3n) is 4.03. The summed E-state index contributed by atoms with van der Waals surface area (Å²) in [6.45, 7) is 3.72. The van der Waals surface area contributed by atoms with Gasteiger partial charge < -0.3 is 0 Å². The van der Waals surface area contributed by atoms with Crippen LogP contribution in [0.15, 0.2) is 70.4 Å². The minimum atomic E-state index is -0.770. The summed E-state index contributed by atoms with van der Waals surface area (Å²) in [5, 5.41) is 4.16. The zero-order chi connectivity index (χ0) is 20.8. The summed E-state index contributed by atoms with van der Waals surface area (Å²) in [6.07, 6.45) is 0. The van der Waals surface area contributed by atoms with Crippen LogP contribution in [-0.2, 0) is 4.79 Å². The standard InChI is InChI=1S/C21H20N4O3S/c1-14-8-10-17(11-9-14)29-13-19(27)22-23-21(28)20-18(26)12-15(2)25(24-20)16-6-4-3-5-7-16/h3-12H,13H2,1-2H3,(H,22,27)(H,23,28). The van der Waals surface area contributed by atoms with Gasteiger partial charge in [-0.2, -0.15) is 5.10 Å². The molecule has 148 valence electrons. The number of carbonyl (C=O) groups excluding carboxylic acids is 2. The summed E-state index contributed by atoms with van der Waals surface area (Å²) in [5.41, 5.74) is 6.20. The summed E-state index contributed by atoms with van der Waals surface area (Å²) in [6, 6.07) is 18.3. The van der Waals surface area contributed by atoms with E-state index in [1.165, 1.54) is 22.5 Å². The van der Waals surface area contributed by atoms with Crippen molar-refractivity contribution < 1.29 is 9.59 Å². The van der Waals surface area contributed by atoms with Crippen molar-refractivity contribution in [1.29, 1.82) is 0 Å². The molecular weight excluding hydrogens is 388 g/mol. The van der Waals surface area contributed by atoms with Gasteiger partial charge in [-0.25, -0.2) is 4.68 Å². The fraction of sp³-hybridized carbons (Fsp3) is 0.143. The molecule has 0 fully saturated rings. The quantitative estimate of drug-likeness (QED) is 0.500. The van der Waals surface area contributed by atoms with Crippen molar-refractivity contribution >= 4 is 23.6 Å². The molecule has 1 aromatic heterocycles. The lowest BCUT2D eigenvalue weighted by atomic mass is 10.2. The molecule has 0 aliphatic carbocycles. The van der Waals surface area contributed by atoms with E-state index in [4.69, 9.17) is 0 Å². The minimum Gasteiger partial charge on any atom is -0.287 e. The van der Waals surface area contributed by atoms with E-state index in [1.54, 1.807) is 6.92 Å². The van der Waals surface area contributed by atoms with Crippen molar-refractivity contribution in [3.05, 3.63) is 87.8 Å². The number of hydrogen-bond acceptors (Lipinski definition) is 5. The number of carbonyl (C=O) groups is 2. The number of hydrazine groups is 1. The maximum absolute atomic E-state index is 12.4. The molecule has 7 nitrogen and oxygen atoms in total. The Morgan fingerprint density at radius 1 is 1.00 bits per heavy atom. The van der Waals surface area contributed by atoms with E-state index >= 15 is 0 Å². The van der Waals surface area contributed by atoms with Crippen LogP contribution >= 0.6 is 11.8 Å². The molecule has 0 saturated heterocycles. The highest BCUT2D eigenvalue weighted by Gasteiger charge is 2.16. The van der Waals surface area contributed by atoms with Crippen LogP contribution in [0.4, 0.5) is 0 Å². The number of aryl methyl sites for hydroxylation is 2. The number of aromatic nitrogens is 2. The monoisotopic (exact) mass is 408 g/mol. The first kappa shape index (κ1) is 20.3. The molecule has 0 bridgehead atoms. The lowest BCUT2D eigenvalue weighted by Gasteiger charge is -2.11. The van der Waals surface area contributed by atoms with Gasteiger partial charge in [0.2, 0.25) is 11.3 Å². The number of nitrogens with zero attached hydrogens (tertiary/aromatic N) is 2. The smallest absolute Gasteiger partial charge is 0.287 e. The van der Waals surface area contributed by atoms with Crippen LogP contribution in [0.3, 0.4) is 0 Å². The highest BCUT2D eigenvalue weighted by Crippen LogP contribution is 2.17. The van der Waals surface area contributed by atoms with Gasteiger partial charge in [0.25, 0.3) is 5.91 Å². The number of nitrogens with one attached hydrogen (secondary N) is 2. The second-order valence-corrected chi connectivity index (χ2v) is 7.40. The predicted octanol–water partition coefficient (Wildman–Crippen LogP) is 2.40. The first-order chi connectivity index (χ1) is 13.9. The van der Waals surface area contributed by atoms with Crippen LogP contribution in [0.2, 0.25) is 0 Å². The molecule has 3 rings (SSSR count). The van der Waals surface area contributed by atoms with Gasteiger partial charge in [-0.15, -0.1) is 11.8 Å². The lowest BCUT2D eigenvalue weighted by molar-refractivity contribution is -0.119. The van der Waals surface area contributed by atoms with Crippen molar-refractivity contribution in [3.8, 4) is 5.69 Å². The normalized spacial score (nSPS) is 10.4. The van der Waals surface area contributed by atoms with Gasteiger partial charge in [0, 0.05) is 16.7 Å². The van der Waals surface area contributed by atoms with Crippen molar-refractivity contribution in [3.63, 3.8) is 0 Å². The molecule has 8 heteroatoms. The van der Waals surface area contributed by atoms with E-state index in [0.717, 1.165) is 16.1 Å². The number of rotatable bonds is 5. The Morgan fingerprint density at radius 2 is 1.69 bits per heavy atom. The van der Waals surface area contributed by atoms with Gasteiger partial charge in [0.15, 0.2) is 5.69 Å². The molecule has 2 amide bonds. The summed E-state index contributed by atoms with van der Waals surface area (Å²) in [5.74, 6) is -1.04. The molecular formula is C21H20N4O3S. The molecule has 0 spiro atoms. The van der Waals surface area contributed by atoms with E-state index in [0.29, 0.717) is 5.69 Å². The van der Waals surface area contributed by atoms with Crippen molar-refractivity contribution in [2.45, 2.75) is 18.7 Å². The summed E-state index contributed by atoms with van der Waals surface area (Å²) >= 11 is 1.34. The van der Waals surface area contributed by atoms with Gasteiger partial charge in [-0.1, -0.05) is 35.9 Å². The SMILES string of the molecule is Cc1ccc(SCC(=O)NNC(=O)c2nn(-c3ccccc3)c(C)cc2=O)cc1. The molecule has 2 N–H and O–H groups in total. The summed E-state index contributed by atoms with van der Waals surface area (Å²) < 4.78 is 1.51. The third kappa shape index (κ3) is 5.32. The van der Waals surface area contributed by atoms with Crippen molar-refractivity contribution in [1.82, 2.24) is 20.6 Å². The highest BCUT2D eigenvalue weighted by atomic mass is 32.2. The Morgan fingerprint density at radius 3 is 2.38 bits per heavy atom. The maximum Gasteiger partial charge on any atom is 0.294 e. The Bertz CT molecular complexity index is 1080. The van der Waals surface area contributed by atoms with E-state index in [1.807, 2.05) is 61.5 Å². The summed E-state index contributed by atoms with van der Waals surface area (Å²) in [4.78, 5) is 37.5. The first-order valence-electron chi connectivity index (χ1n) is 8.89. The molecule has 0 atom stereocenters. The average Bonchev–Trinajstić information content (AvgIpc) is 2.72. The van der Waals surface area contributed by atoms with Gasteiger partial charge in [0.1, 0.15) is 0 Å². The van der Waals surface area contributed by atoms with Crippen molar-refractivity contribution in [2.75, 3.05) is 5.75 Å². The first-order valence-corrected chi connectivity index (χ1v) is 9.87. The number of amides is 2. The largest absolute Gasteiger partial charge is 0.294 e. The zero-order valence-corrected chi connectivity index (χ0v) is 16.8. The molecule has 3 aromatic rings. The second kappa shape index (κ2) is 9.20. The van der Waals surface area contributed by atoms with Crippen LogP contribution in [0.1, 0.15) is 21.7 Å². The number of benzene rings is 2. The van der Waals surface area contributed by atoms with E-state index in [2.05, 4.69) is 16.0 Å². The molecule has 0 saturated carbocycles. The van der Waals surface area contributed by atoms with Crippen LogP contribution in [0.5, 0.6) is 0 Å². The molecule has 1 heterocycles. The molecule has 0 unspecified atom stereocenters. The topological polar surface area (TPSA) is 93.1 Å². The van der Waals surface area contributed by atoms with E-state index in [9.17, 15) is 14.4 Å². The molecule has 0 radical (unpaired) electrons. The lowest BCUT2D eigenvalue weighted by Crippen LogP contribution is -2.44. The fourth-order valence-corrected chi connectivity index (χ4v) is 3.24. The minimum absolute atomic E-state index is 0.124. The van der Waals surface area contributed by atoms with E-state index in [-0.39, 0.29) is 17.4 Å². The number of thioether (sulfide) groups is 1. The number of hydrogen-bond donors (Lipinski definition) is 2. The van der Waals surface area contributed by atoms with Crippen LogP contribution in [0, 0.1) is 13.8 Å². The maximum atomic E-state index is 12.4. The Balaban J connectivity index is 1.63. The zero-order valence-electron chi connectivity index (χ0n) is 16.0. The van der Waals surface area contributed by atoms with Gasteiger partial charge in [0.05, 0.1) is 11.4 Å². The highest BCUT2D eigenvalue weighted by molar-refractivity contribution is 8.00. The van der Waals surface area contributed by atoms with Gasteiger partial charge in [-0.05, 0) is 38.1 Å². The average molecular weight is 408 g/mol. The molecule has 0 aliphatic heterocycles. The third-order valence-corrected chi connectivity index (χ3v) is 5.04. The van der Waals surface area contributed by atoms with Crippen LogP contribution < -0.4 is 16.3 Å². The number of para-hydroxylation sites is 1. The molecule has 0 aliphatic rings. The Hall–Kier alpha value is -3.39. The summed E-state index contributed by atoms with van der Waals surface area (Å²) in [7, 11) is 0. The van der Waals surface area contributed by atoms with Crippen molar-refractivity contribution in [2.24, 2.45) is 0 Å². The van der Waals surface area contributed by atoms with Gasteiger partial charge >= 0.3 is 0 Å². The second-order valence-electron chi connectivity index (χ2n) is 6.35. The van der Waals surface area contributed by atoms with Crippen LogP contribution in [-0.4, -0.2) is 27.3 Å². The van der Waals surface area contributed by atoms with E-state index < -0.39 is 11.3 Å². The van der Waals surface area contributed by atoms with Gasteiger partial charge in [-0.3, -0.25) is 25.2 Å². The molecule has 29 heavy (non-hydrogen) atoms. The predicted molar refractivity (Wildman–Crippen MR) is 112 cm³/mol.